The number of unbranched alkanes of at least 4 members (excludes halogenated alkanes) is 2. The molecule has 2 aromatic carbocycles. The Bertz CT molecular complexity index is 1050. The fourth-order valence-electron chi connectivity index (χ4n) is 2.84. The summed E-state index contributed by atoms with van der Waals surface area (Å²) in [4.78, 5) is 25.4. The van der Waals surface area contributed by atoms with Crippen molar-refractivity contribution in [1.29, 1.82) is 0 Å². The fraction of sp³-hybridized carbons (Fsp3) is 0.250. The lowest BCUT2D eigenvalue weighted by Crippen LogP contribution is -2.28. The van der Waals surface area contributed by atoms with Crippen LogP contribution in [-0.2, 0) is 6.54 Å². The third kappa shape index (κ3) is 4.17. The summed E-state index contributed by atoms with van der Waals surface area (Å²) in [6, 6.07) is 10.7. The molecule has 0 unspecified atom stereocenters. The Kier molecular flexibility index (Phi) is 5.86. The summed E-state index contributed by atoms with van der Waals surface area (Å²) in [7, 11) is 0. The van der Waals surface area contributed by atoms with Crippen molar-refractivity contribution in [3.05, 3.63) is 69.4 Å². The molecule has 0 bridgehead atoms. The molecule has 140 valence electrons. The number of fused-ring (bicyclic) bond motifs is 1. The third-order valence-corrected chi connectivity index (χ3v) is 4.47. The first-order valence-corrected chi connectivity index (χ1v) is 9.15. The van der Waals surface area contributed by atoms with Crippen LogP contribution in [0.5, 0.6) is 0 Å². The highest BCUT2D eigenvalue weighted by Gasteiger charge is 2.18. The molecule has 1 N–H and O–H groups in total. The summed E-state index contributed by atoms with van der Waals surface area (Å²) in [5.74, 6) is -1.20. The number of hydrogen-bond donors (Lipinski definition) is 1. The van der Waals surface area contributed by atoms with Crippen molar-refractivity contribution in [3.8, 4) is 0 Å². The van der Waals surface area contributed by atoms with Gasteiger partial charge >= 0.3 is 0 Å². The van der Waals surface area contributed by atoms with Crippen molar-refractivity contribution >= 4 is 34.0 Å². The summed E-state index contributed by atoms with van der Waals surface area (Å²) in [5.41, 5.74) is -0.213. The normalized spacial score (nSPS) is 10.9. The zero-order valence-corrected chi connectivity index (χ0v) is 15.6. The zero-order chi connectivity index (χ0) is 19.4. The lowest BCUT2D eigenvalue weighted by atomic mass is 10.1. The van der Waals surface area contributed by atoms with E-state index in [4.69, 9.17) is 11.6 Å². The van der Waals surface area contributed by atoms with Crippen molar-refractivity contribution in [2.75, 3.05) is 5.32 Å². The van der Waals surface area contributed by atoms with Crippen LogP contribution in [-0.4, -0.2) is 15.7 Å². The molecule has 27 heavy (non-hydrogen) atoms. The van der Waals surface area contributed by atoms with Crippen LogP contribution in [0, 0.1) is 5.82 Å². The Hall–Kier alpha value is -2.73. The molecule has 0 aliphatic heterocycles. The van der Waals surface area contributed by atoms with Gasteiger partial charge in [0, 0.05) is 17.0 Å². The Balaban J connectivity index is 2.03. The molecule has 0 saturated heterocycles. The van der Waals surface area contributed by atoms with E-state index in [9.17, 15) is 14.0 Å². The van der Waals surface area contributed by atoms with Gasteiger partial charge in [-0.3, -0.25) is 9.59 Å². The van der Waals surface area contributed by atoms with E-state index in [0.29, 0.717) is 22.3 Å². The maximum Gasteiger partial charge on any atom is 0.276 e. The first-order valence-electron chi connectivity index (χ1n) is 8.77. The van der Waals surface area contributed by atoms with Crippen molar-refractivity contribution in [3.63, 3.8) is 0 Å². The maximum absolute atomic E-state index is 14.0. The van der Waals surface area contributed by atoms with E-state index in [2.05, 4.69) is 17.3 Å². The smallest absolute Gasteiger partial charge is 0.276 e. The number of halogens is 2. The first kappa shape index (κ1) is 19.0. The molecule has 5 nitrogen and oxygen atoms in total. The summed E-state index contributed by atoms with van der Waals surface area (Å²) in [6.45, 7) is 2.48. The zero-order valence-electron chi connectivity index (χ0n) is 14.8. The number of aromatic nitrogens is 2. The minimum atomic E-state index is -0.603. The number of nitrogens with zero attached hydrogens (tertiary/aromatic N) is 2. The fourth-order valence-corrected chi connectivity index (χ4v) is 3.01. The van der Waals surface area contributed by atoms with Crippen LogP contribution in [0.4, 0.5) is 10.1 Å². The second-order valence-corrected chi connectivity index (χ2v) is 6.64. The van der Waals surface area contributed by atoms with Crippen LogP contribution in [0.15, 0.2) is 47.3 Å². The van der Waals surface area contributed by atoms with Gasteiger partial charge in [-0.15, -0.1) is 0 Å². The predicted octanol–water partition coefficient (Wildman–Crippen LogP) is 4.63. The molecule has 0 radical (unpaired) electrons. The second-order valence-electron chi connectivity index (χ2n) is 6.21. The molecule has 3 rings (SSSR count). The topological polar surface area (TPSA) is 64.0 Å². The van der Waals surface area contributed by atoms with Crippen LogP contribution in [0.25, 0.3) is 10.8 Å². The van der Waals surface area contributed by atoms with E-state index in [1.807, 2.05) is 0 Å². The van der Waals surface area contributed by atoms with E-state index in [-0.39, 0.29) is 16.9 Å². The van der Waals surface area contributed by atoms with E-state index in [1.54, 1.807) is 24.3 Å². The number of anilines is 1. The molecule has 0 saturated carbocycles. The Morgan fingerprint density at radius 3 is 2.67 bits per heavy atom. The van der Waals surface area contributed by atoms with Crippen molar-refractivity contribution < 1.29 is 9.18 Å². The van der Waals surface area contributed by atoms with E-state index >= 15 is 0 Å². The number of amides is 1. The minimum absolute atomic E-state index is 0.0397. The summed E-state index contributed by atoms with van der Waals surface area (Å²) < 4.78 is 15.3. The van der Waals surface area contributed by atoms with Gasteiger partial charge in [0.25, 0.3) is 11.5 Å². The van der Waals surface area contributed by atoms with Gasteiger partial charge in [-0.2, -0.15) is 5.10 Å². The summed E-state index contributed by atoms with van der Waals surface area (Å²) >= 11 is 5.88. The van der Waals surface area contributed by atoms with Gasteiger partial charge in [0.05, 0.1) is 11.1 Å². The quantitative estimate of drug-likeness (QED) is 0.627. The molecule has 1 aromatic heterocycles. The Labute approximate surface area is 160 Å². The third-order valence-electron chi connectivity index (χ3n) is 4.23. The van der Waals surface area contributed by atoms with Gasteiger partial charge in [-0.1, -0.05) is 49.6 Å². The van der Waals surface area contributed by atoms with E-state index in [1.165, 1.54) is 22.9 Å². The molecule has 0 aliphatic carbocycles. The molecule has 0 aliphatic rings. The highest BCUT2D eigenvalue weighted by molar-refractivity contribution is 6.31. The monoisotopic (exact) mass is 387 g/mol. The van der Waals surface area contributed by atoms with Gasteiger partial charge in [0.2, 0.25) is 0 Å². The Morgan fingerprint density at radius 1 is 1.19 bits per heavy atom. The number of aryl methyl sites for hydroxylation is 1. The molecule has 0 fully saturated rings. The van der Waals surface area contributed by atoms with Gasteiger partial charge in [-0.05, 0) is 30.7 Å². The number of hydrogen-bond acceptors (Lipinski definition) is 3. The molecular formula is C20H19ClFN3O2. The summed E-state index contributed by atoms with van der Waals surface area (Å²) in [5, 5.41) is 7.88. The van der Waals surface area contributed by atoms with Crippen LogP contribution in [0.1, 0.15) is 36.7 Å². The van der Waals surface area contributed by atoms with Gasteiger partial charge < -0.3 is 5.32 Å². The molecule has 1 amide bonds. The molecule has 1 heterocycles. The Morgan fingerprint density at radius 2 is 1.93 bits per heavy atom. The number of benzene rings is 2. The van der Waals surface area contributed by atoms with Crippen LogP contribution >= 0.6 is 11.6 Å². The van der Waals surface area contributed by atoms with Crippen LogP contribution < -0.4 is 10.9 Å². The standard InChI is InChI=1S/C20H19ClFN3O2/c1-2-3-6-11-25-20(27)15-8-5-4-7-14(15)18(24-25)19(26)23-17-12-13(21)9-10-16(17)22/h4-5,7-10,12H,2-3,6,11H2,1H3,(H,23,26). The highest BCUT2D eigenvalue weighted by Crippen LogP contribution is 2.21. The maximum atomic E-state index is 14.0. The summed E-state index contributed by atoms with van der Waals surface area (Å²) in [6.07, 6.45) is 2.74. The molecule has 7 heteroatoms. The highest BCUT2D eigenvalue weighted by atomic mass is 35.5. The second kappa shape index (κ2) is 8.31. The van der Waals surface area contributed by atoms with Crippen molar-refractivity contribution in [2.24, 2.45) is 0 Å². The van der Waals surface area contributed by atoms with Crippen LogP contribution in [0.2, 0.25) is 5.02 Å². The molecule has 3 aromatic rings. The number of rotatable bonds is 6. The number of carbonyl (C=O) groups is 1. The van der Waals surface area contributed by atoms with Crippen molar-refractivity contribution in [1.82, 2.24) is 9.78 Å². The minimum Gasteiger partial charge on any atom is -0.318 e. The molecule has 0 atom stereocenters. The SMILES string of the molecule is CCCCCn1nc(C(=O)Nc2cc(Cl)ccc2F)c2ccccc2c1=O. The average Bonchev–Trinajstić information content (AvgIpc) is 2.66. The van der Waals surface area contributed by atoms with Gasteiger partial charge in [0.1, 0.15) is 5.82 Å². The average molecular weight is 388 g/mol. The van der Waals surface area contributed by atoms with E-state index < -0.39 is 11.7 Å². The molecular weight excluding hydrogens is 369 g/mol. The molecule has 0 spiro atoms. The first-order chi connectivity index (χ1) is 13.0. The van der Waals surface area contributed by atoms with E-state index in [0.717, 1.165) is 19.3 Å². The number of nitrogens with one attached hydrogen (secondary N) is 1. The lowest BCUT2D eigenvalue weighted by molar-refractivity contribution is 0.102. The van der Waals surface area contributed by atoms with Crippen molar-refractivity contribution in [2.45, 2.75) is 32.7 Å². The number of carbonyl (C=O) groups excluding carboxylic acids is 1. The predicted molar refractivity (Wildman–Crippen MR) is 105 cm³/mol. The van der Waals surface area contributed by atoms with Gasteiger partial charge in [0.15, 0.2) is 5.69 Å². The lowest BCUT2D eigenvalue weighted by Gasteiger charge is -2.12. The van der Waals surface area contributed by atoms with Gasteiger partial charge in [-0.25, -0.2) is 9.07 Å². The largest absolute Gasteiger partial charge is 0.318 e. The van der Waals surface area contributed by atoms with Crippen LogP contribution in [0.3, 0.4) is 0 Å².